The molecule has 1 saturated heterocycles. The van der Waals surface area contributed by atoms with Crippen molar-refractivity contribution < 1.29 is 19.4 Å². The van der Waals surface area contributed by atoms with Gasteiger partial charge in [-0.25, -0.2) is 0 Å². The van der Waals surface area contributed by atoms with Gasteiger partial charge in [-0.2, -0.15) is 0 Å². The third-order valence-electron chi connectivity index (χ3n) is 4.22. The Bertz CT molecular complexity index is 328. The van der Waals surface area contributed by atoms with E-state index in [0.29, 0.717) is 19.4 Å². The first-order chi connectivity index (χ1) is 9.52. The van der Waals surface area contributed by atoms with E-state index in [2.05, 4.69) is 5.32 Å². The fourth-order valence-electron chi connectivity index (χ4n) is 3.33. The van der Waals surface area contributed by atoms with Gasteiger partial charge >= 0.3 is 5.97 Å². The Kier molecular flexibility index (Phi) is 5.41. The van der Waals surface area contributed by atoms with Gasteiger partial charge in [0.2, 0.25) is 0 Å². The SMILES string of the molecule is CC(C)NC1(C(=O)O)CCCC(OCC2CCCO2)C1. The molecule has 2 rings (SSSR count). The summed E-state index contributed by atoms with van der Waals surface area (Å²) in [5.74, 6) is -0.753. The molecule has 3 unspecified atom stereocenters. The first kappa shape index (κ1) is 15.7. The molecule has 0 radical (unpaired) electrons. The second-order valence-electron chi connectivity index (χ2n) is 6.37. The van der Waals surface area contributed by atoms with Crippen molar-refractivity contribution in [2.75, 3.05) is 13.2 Å². The molecule has 116 valence electrons. The molecule has 0 aromatic carbocycles. The Labute approximate surface area is 121 Å². The molecule has 2 N–H and O–H groups in total. The monoisotopic (exact) mass is 285 g/mol. The molecule has 0 amide bonds. The van der Waals surface area contributed by atoms with Crippen LogP contribution < -0.4 is 5.32 Å². The minimum absolute atomic E-state index is 0.0234. The zero-order chi connectivity index (χ0) is 14.6. The van der Waals surface area contributed by atoms with Crippen molar-refractivity contribution in [1.82, 2.24) is 5.32 Å². The van der Waals surface area contributed by atoms with Gasteiger partial charge in [-0.3, -0.25) is 10.1 Å². The van der Waals surface area contributed by atoms with Crippen molar-refractivity contribution in [3.63, 3.8) is 0 Å². The molecule has 0 aromatic rings. The van der Waals surface area contributed by atoms with Gasteiger partial charge in [0.25, 0.3) is 0 Å². The molecule has 1 aliphatic heterocycles. The summed E-state index contributed by atoms with van der Waals surface area (Å²) in [7, 11) is 0. The highest BCUT2D eigenvalue weighted by molar-refractivity contribution is 5.79. The van der Waals surface area contributed by atoms with Gasteiger partial charge in [0.1, 0.15) is 5.54 Å². The summed E-state index contributed by atoms with van der Waals surface area (Å²) < 4.78 is 11.5. The summed E-state index contributed by atoms with van der Waals surface area (Å²) in [5.41, 5.74) is -0.826. The summed E-state index contributed by atoms with van der Waals surface area (Å²) in [4.78, 5) is 11.7. The van der Waals surface area contributed by atoms with Crippen molar-refractivity contribution in [1.29, 1.82) is 0 Å². The molecule has 1 aliphatic carbocycles. The Hall–Kier alpha value is -0.650. The molecule has 0 spiro atoms. The quantitative estimate of drug-likeness (QED) is 0.780. The van der Waals surface area contributed by atoms with Crippen LogP contribution in [0.25, 0.3) is 0 Å². The van der Waals surface area contributed by atoms with E-state index < -0.39 is 11.5 Å². The van der Waals surface area contributed by atoms with Crippen molar-refractivity contribution in [2.24, 2.45) is 0 Å². The van der Waals surface area contributed by atoms with Crippen LogP contribution in [-0.2, 0) is 14.3 Å². The van der Waals surface area contributed by atoms with Crippen LogP contribution >= 0.6 is 0 Å². The second-order valence-corrected chi connectivity index (χ2v) is 6.37. The number of hydrogen-bond acceptors (Lipinski definition) is 4. The Balaban J connectivity index is 1.89. The summed E-state index contributed by atoms with van der Waals surface area (Å²) in [6, 6.07) is 0.156. The van der Waals surface area contributed by atoms with Gasteiger partial charge in [0, 0.05) is 19.1 Å². The van der Waals surface area contributed by atoms with E-state index in [9.17, 15) is 9.90 Å². The molecular weight excluding hydrogens is 258 g/mol. The van der Waals surface area contributed by atoms with E-state index in [4.69, 9.17) is 9.47 Å². The number of rotatable bonds is 6. The van der Waals surface area contributed by atoms with Crippen LogP contribution in [0.5, 0.6) is 0 Å². The minimum atomic E-state index is -0.826. The van der Waals surface area contributed by atoms with Gasteiger partial charge in [0.05, 0.1) is 18.8 Å². The van der Waals surface area contributed by atoms with Crippen LogP contribution in [-0.4, -0.2) is 48.1 Å². The Morgan fingerprint density at radius 2 is 2.25 bits per heavy atom. The highest BCUT2D eigenvalue weighted by Gasteiger charge is 2.43. The molecule has 5 nitrogen and oxygen atoms in total. The van der Waals surface area contributed by atoms with Crippen molar-refractivity contribution in [2.45, 2.75) is 76.2 Å². The number of aliphatic carboxylic acids is 1. The van der Waals surface area contributed by atoms with E-state index in [1.54, 1.807) is 0 Å². The highest BCUT2D eigenvalue weighted by atomic mass is 16.5. The molecule has 20 heavy (non-hydrogen) atoms. The molecule has 1 saturated carbocycles. The second kappa shape index (κ2) is 6.87. The number of carbonyl (C=O) groups is 1. The van der Waals surface area contributed by atoms with Crippen LogP contribution in [0.4, 0.5) is 0 Å². The topological polar surface area (TPSA) is 67.8 Å². The average molecular weight is 285 g/mol. The van der Waals surface area contributed by atoms with Crippen molar-refractivity contribution >= 4 is 5.97 Å². The van der Waals surface area contributed by atoms with Gasteiger partial charge in [-0.1, -0.05) is 0 Å². The van der Waals surface area contributed by atoms with E-state index in [0.717, 1.165) is 32.3 Å². The molecule has 5 heteroatoms. The maximum Gasteiger partial charge on any atom is 0.324 e. The molecule has 2 fully saturated rings. The lowest BCUT2D eigenvalue weighted by Gasteiger charge is -2.39. The Morgan fingerprint density at radius 3 is 2.85 bits per heavy atom. The van der Waals surface area contributed by atoms with E-state index in [-0.39, 0.29) is 18.2 Å². The normalized spacial score (nSPS) is 34.5. The predicted octanol–water partition coefficient (Wildman–Crippen LogP) is 1.95. The van der Waals surface area contributed by atoms with E-state index >= 15 is 0 Å². The number of carboxylic acids is 1. The summed E-state index contributed by atoms with van der Waals surface area (Å²) >= 11 is 0. The lowest BCUT2D eigenvalue weighted by Crippen LogP contribution is -2.58. The number of ether oxygens (including phenoxy) is 2. The van der Waals surface area contributed by atoms with Crippen LogP contribution in [0.2, 0.25) is 0 Å². The lowest BCUT2D eigenvalue weighted by molar-refractivity contribution is -0.150. The zero-order valence-electron chi connectivity index (χ0n) is 12.6. The standard InChI is InChI=1S/C15H27NO4/c1-11(2)16-15(14(17)18)7-3-5-12(9-15)20-10-13-6-4-8-19-13/h11-13,16H,3-10H2,1-2H3,(H,17,18). The lowest BCUT2D eigenvalue weighted by atomic mass is 9.79. The summed E-state index contributed by atoms with van der Waals surface area (Å²) in [5, 5.41) is 12.8. The fourth-order valence-corrected chi connectivity index (χ4v) is 3.33. The van der Waals surface area contributed by atoms with Gasteiger partial charge < -0.3 is 14.6 Å². The van der Waals surface area contributed by atoms with Gasteiger partial charge in [-0.15, -0.1) is 0 Å². The number of carboxylic acid groups (broad SMARTS) is 1. The summed E-state index contributed by atoms with van der Waals surface area (Å²) in [6.07, 6.45) is 5.45. The number of nitrogens with one attached hydrogen (secondary N) is 1. The van der Waals surface area contributed by atoms with Crippen LogP contribution in [0.15, 0.2) is 0 Å². The van der Waals surface area contributed by atoms with Gasteiger partial charge in [0.15, 0.2) is 0 Å². The molecule has 3 atom stereocenters. The molecule has 0 bridgehead atoms. The largest absolute Gasteiger partial charge is 0.480 e. The third kappa shape index (κ3) is 3.93. The van der Waals surface area contributed by atoms with Crippen LogP contribution in [0.1, 0.15) is 52.4 Å². The molecular formula is C15H27NO4. The maximum atomic E-state index is 11.7. The van der Waals surface area contributed by atoms with Crippen LogP contribution in [0, 0.1) is 0 Å². The predicted molar refractivity (Wildman–Crippen MR) is 75.8 cm³/mol. The van der Waals surface area contributed by atoms with Crippen molar-refractivity contribution in [3.05, 3.63) is 0 Å². The smallest absolute Gasteiger partial charge is 0.324 e. The third-order valence-corrected chi connectivity index (χ3v) is 4.22. The van der Waals surface area contributed by atoms with Crippen molar-refractivity contribution in [3.8, 4) is 0 Å². The molecule has 1 heterocycles. The first-order valence-electron chi connectivity index (χ1n) is 7.76. The molecule has 2 aliphatic rings. The van der Waals surface area contributed by atoms with E-state index in [1.165, 1.54) is 0 Å². The zero-order valence-corrected chi connectivity index (χ0v) is 12.6. The van der Waals surface area contributed by atoms with Gasteiger partial charge in [-0.05, 0) is 46.0 Å². The fraction of sp³-hybridized carbons (Fsp3) is 0.933. The maximum absolute atomic E-state index is 11.7. The molecule has 0 aromatic heterocycles. The highest BCUT2D eigenvalue weighted by Crippen LogP contribution is 2.31. The van der Waals surface area contributed by atoms with E-state index in [1.807, 2.05) is 13.8 Å². The average Bonchev–Trinajstić information content (AvgIpc) is 2.89. The minimum Gasteiger partial charge on any atom is -0.480 e. The summed E-state index contributed by atoms with van der Waals surface area (Å²) in [6.45, 7) is 5.40. The number of hydrogen-bond donors (Lipinski definition) is 2. The first-order valence-corrected chi connectivity index (χ1v) is 7.76. The van der Waals surface area contributed by atoms with Crippen LogP contribution in [0.3, 0.4) is 0 Å². The Morgan fingerprint density at radius 1 is 1.45 bits per heavy atom.